The highest BCUT2D eigenvalue weighted by molar-refractivity contribution is 5.82. The molecule has 0 saturated carbocycles. The molecule has 18 heavy (non-hydrogen) atoms. The molecule has 2 aliphatic rings. The van der Waals surface area contributed by atoms with Crippen LogP contribution in [0.1, 0.15) is 24.8 Å². The Kier molecular flexibility index (Phi) is 3.46. The molecule has 2 bridgehead atoms. The molecule has 96 valence electrons. The largest absolute Gasteiger partial charge is 0.302 e. The summed E-state index contributed by atoms with van der Waals surface area (Å²) in [5.74, 6) is 1.47. The molecule has 2 saturated heterocycles. The number of nitrogens with zero attached hydrogens (tertiary/aromatic N) is 1. The van der Waals surface area contributed by atoms with E-state index in [1.807, 2.05) is 0 Å². The highest BCUT2D eigenvalue weighted by Gasteiger charge is 2.36. The van der Waals surface area contributed by atoms with Gasteiger partial charge in [-0.25, -0.2) is 0 Å². The van der Waals surface area contributed by atoms with E-state index >= 15 is 0 Å². The zero-order valence-electron chi connectivity index (χ0n) is 10.8. The summed E-state index contributed by atoms with van der Waals surface area (Å²) in [7, 11) is 0. The Hall–Kier alpha value is -1.15. The lowest BCUT2D eigenvalue weighted by Crippen LogP contribution is -2.49. The van der Waals surface area contributed by atoms with E-state index in [4.69, 9.17) is 0 Å². The van der Waals surface area contributed by atoms with Gasteiger partial charge in [-0.2, -0.15) is 0 Å². The van der Waals surface area contributed by atoms with Crippen LogP contribution in [-0.2, 0) is 11.2 Å². The number of carbonyl (C=O) groups excluding carboxylic acids is 1. The van der Waals surface area contributed by atoms with Gasteiger partial charge in [0.15, 0.2) is 0 Å². The van der Waals surface area contributed by atoms with E-state index in [1.165, 1.54) is 24.9 Å². The van der Waals surface area contributed by atoms with E-state index in [2.05, 4.69) is 35.2 Å². The molecule has 2 heteroatoms. The Balaban J connectivity index is 1.60. The average Bonchev–Trinajstić information content (AvgIpc) is 2.43. The summed E-state index contributed by atoms with van der Waals surface area (Å²) in [6, 6.07) is 10.6. The summed E-state index contributed by atoms with van der Waals surface area (Å²) in [5, 5.41) is 0. The lowest BCUT2D eigenvalue weighted by molar-refractivity contribution is -0.130. The molecule has 1 aromatic rings. The van der Waals surface area contributed by atoms with Crippen molar-refractivity contribution >= 4 is 5.78 Å². The zero-order valence-corrected chi connectivity index (χ0v) is 10.8. The summed E-state index contributed by atoms with van der Waals surface area (Å²) >= 11 is 0. The predicted molar refractivity (Wildman–Crippen MR) is 72.4 cm³/mol. The highest BCUT2D eigenvalue weighted by Crippen LogP contribution is 2.32. The van der Waals surface area contributed by atoms with E-state index in [-0.39, 0.29) is 0 Å². The molecule has 0 spiro atoms. The van der Waals surface area contributed by atoms with Crippen molar-refractivity contribution in [2.24, 2.45) is 11.8 Å². The summed E-state index contributed by atoms with van der Waals surface area (Å²) < 4.78 is 0. The fourth-order valence-corrected chi connectivity index (χ4v) is 3.43. The molecule has 2 heterocycles. The predicted octanol–water partition coefficient (Wildman–Crippen LogP) is 2.53. The maximum absolute atomic E-state index is 12.0. The van der Waals surface area contributed by atoms with Crippen LogP contribution in [0.25, 0.3) is 0 Å². The minimum absolute atomic E-state index is 0.330. The van der Waals surface area contributed by atoms with E-state index in [9.17, 15) is 4.79 Å². The third kappa shape index (κ3) is 2.49. The maximum atomic E-state index is 12.0. The number of piperidine rings is 2. The lowest BCUT2D eigenvalue weighted by Gasteiger charge is -2.41. The summed E-state index contributed by atoms with van der Waals surface area (Å²) in [6.45, 7) is 3.22. The summed E-state index contributed by atoms with van der Waals surface area (Å²) in [5.41, 5.74) is 1.41. The van der Waals surface area contributed by atoms with Gasteiger partial charge in [-0.1, -0.05) is 30.3 Å². The Bertz CT molecular complexity index is 414. The molecule has 1 unspecified atom stereocenters. The molecule has 2 aliphatic heterocycles. The van der Waals surface area contributed by atoms with Crippen molar-refractivity contribution in [2.45, 2.75) is 25.7 Å². The molecule has 2 nitrogen and oxygen atoms in total. The van der Waals surface area contributed by atoms with Crippen LogP contribution in [-0.4, -0.2) is 30.3 Å². The van der Waals surface area contributed by atoms with E-state index in [0.717, 1.165) is 25.9 Å². The third-order valence-corrected chi connectivity index (χ3v) is 4.57. The molecule has 3 rings (SSSR count). The Morgan fingerprint density at radius 3 is 2.83 bits per heavy atom. The Labute approximate surface area is 109 Å². The van der Waals surface area contributed by atoms with Crippen LogP contribution in [0.3, 0.4) is 0 Å². The van der Waals surface area contributed by atoms with Gasteiger partial charge in [0, 0.05) is 25.4 Å². The second kappa shape index (κ2) is 5.23. The molecule has 2 fully saturated rings. The second-order valence-corrected chi connectivity index (χ2v) is 5.70. The number of aryl methyl sites for hydroxylation is 1. The minimum atomic E-state index is 0.330. The summed E-state index contributed by atoms with van der Waals surface area (Å²) in [4.78, 5) is 14.5. The first-order valence-corrected chi connectivity index (χ1v) is 7.12. The van der Waals surface area contributed by atoms with Gasteiger partial charge in [0.05, 0.1) is 0 Å². The molecular weight excluding hydrogens is 222 g/mol. The number of Topliss-reactive ketones (excluding diaryl/α,β-unsaturated/α-hetero) is 1. The quantitative estimate of drug-likeness (QED) is 0.813. The molecule has 1 aromatic carbocycles. The van der Waals surface area contributed by atoms with Gasteiger partial charge in [-0.3, -0.25) is 4.79 Å². The van der Waals surface area contributed by atoms with E-state index in [1.54, 1.807) is 0 Å². The van der Waals surface area contributed by atoms with Crippen molar-refractivity contribution in [3.05, 3.63) is 35.9 Å². The van der Waals surface area contributed by atoms with Crippen molar-refractivity contribution in [1.82, 2.24) is 4.90 Å². The standard InChI is InChI=1S/C16H21NO/c18-16-9-11-17-10-8-14(15(16)12-17)7-6-13-4-2-1-3-5-13/h1-5,14-15H,6-12H2/t14-,15-/m1/s1. The number of hydrogen-bond acceptors (Lipinski definition) is 2. The second-order valence-electron chi connectivity index (χ2n) is 5.70. The molecule has 0 amide bonds. The fraction of sp³-hybridized carbons (Fsp3) is 0.562. The molecular formula is C16H21NO. The fourth-order valence-electron chi connectivity index (χ4n) is 3.43. The van der Waals surface area contributed by atoms with Crippen LogP contribution in [0.4, 0.5) is 0 Å². The van der Waals surface area contributed by atoms with Gasteiger partial charge in [-0.15, -0.1) is 0 Å². The molecule has 0 radical (unpaired) electrons. The first-order valence-electron chi connectivity index (χ1n) is 7.12. The Morgan fingerprint density at radius 1 is 1.17 bits per heavy atom. The van der Waals surface area contributed by atoms with Crippen molar-refractivity contribution in [3.63, 3.8) is 0 Å². The number of rotatable bonds is 3. The molecule has 3 atom stereocenters. The molecule has 0 aliphatic carbocycles. The van der Waals surface area contributed by atoms with Crippen molar-refractivity contribution in [3.8, 4) is 0 Å². The van der Waals surface area contributed by atoms with Gasteiger partial charge >= 0.3 is 0 Å². The average molecular weight is 243 g/mol. The minimum Gasteiger partial charge on any atom is -0.302 e. The van der Waals surface area contributed by atoms with Gasteiger partial charge in [0.2, 0.25) is 0 Å². The number of carbonyl (C=O) groups is 1. The first-order chi connectivity index (χ1) is 8.83. The van der Waals surface area contributed by atoms with Crippen molar-refractivity contribution < 1.29 is 4.79 Å². The maximum Gasteiger partial charge on any atom is 0.138 e. The van der Waals surface area contributed by atoms with Gasteiger partial charge in [0.25, 0.3) is 0 Å². The Morgan fingerprint density at radius 2 is 2.00 bits per heavy atom. The van der Waals surface area contributed by atoms with Gasteiger partial charge in [0.1, 0.15) is 5.78 Å². The number of ketones is 1. The van der Waals surface area contributed by atoms with Gasteiger partial charge in [-0.05, 0) is 37.3 Å². The number of fused-ring (bicyclic) bond motifs is 2. The smallest absolute Gasteiger partial charge is 0.138 e. The van der Waals surface area contributed by atoms with Crippen LogP contribution in [0.15, 0.2) is 30.3 Å². The highest BCUT2D eigenvalue weighted by atomic mass is 16.1. The van der Waals surface area contributed by atoms with E-state index in [0.29, 0.717) is 17.6 Å². The normalized spacial score (nSPS) is 31.3. The third-order valence-electron chi connectivity index (χ3n) is 4.57. The number of benzene rings is 1. The SMILES string of the molecule is O=C1CCN2CC[C@@H](CCc3ccccc3)[C@H]1C2. The van der Waals surface area contributed by atoms with Crippen molar-refractivity contribution in [1.29, 1.82) is 0 Å². The molecule has 0 N–H and O–H groups in total. The first kappa shape index (κ1) is 11.9. The number of hydrogen-bond donors (Lipinski definition) is 0. The van der Waals surface area contributed by atoms with Crippen LogP contribution >= 0.6 is 0 Å². The lowest BCUT2D eigenvalue weighted by atomic mass is 9.76. The summed E-state index contributed by atoms with van der Waals surface area (Å²) in [6.07, 6.45) is 4.29. The topological polar surface area (TPSA) is 20.3 Å². The van der Waals surface area contributed by atoms with Crippen molar-refractivity contribution in [2.75, 3.05) is 19.6 Å². The zero-order chi connectivity index (χ0) is 12.4. The van der Waals surface area contributed by atoms with Crippen LogP contribution in [0, 0.1) is 11.8 Å². The monoisotopic (exact) mass is 243 g/mol. The van der Waals surface area contributed by atoms with E-state index < -0.39 is 0 Å². The van der Waals surface area contributed by atoms with Crippen LogP contribution in [0.5, 0.6) is 0 Å². The van der Waals surface area contributed by atoms with Crippen LogP contribution in [0.2, 0.25) is 0 Å². The molecule has 0 aromatic heterocycles. The van der Waals surface area contributed by atoms with Crippen LogP contribution < -0.4 is 0 Å². The van der Waals surface area contributed by atoms with Gasteiger partial charge < -0.3 is 4.90 Å².